The molecule has 4 atom stereocenters. The second-order valence-electron chi connectivity index (χ2n) is 4.18. The van der Waals surface area contributed by atoms with Crippen molar-refractivity contribution in [3.63, 3.8) is 0 Å². The fourth-order valence-electron chi connectivity index (χ4n) is 1.92. The Hall–Kier alpha value is 4.94. The van der Waals surface area contributed by atoms with Gasteiger partial charge in [-0.05, 0) is 17.1 Å². The molecule has 4 nitrogen and oxygen atoms in total. The van der Waals surface area contributed by atoms with Crippen molar-refractivity contribution < 1.29 is 66.4 Å². The predicted molar refractivity (Wildman–Crippen MR) is 129 cm³/mol. The van der Waals surface area contributed by atoms with E-state index in [0.717, 1.165) is 13.2 Å². The molecule has 150 valence electrons. The normalized spacial score (nSPS) is 28.2. The molecule has 25 heavy (non-hydrogen) atoms. The van der Waals surface area contributed by atoms with Crippen LogP contribution < -0.4 is 0 Å². The van der Waals surface area contributed by atoms with E-state index < -0.39 is 0 Å². The monoisotopic (exact) mass is 1250 g/mol. The quantitative estimate of drug-likeness (QED) is 0.191. The van der Waals surface area contributed by atoms with Crippen molar-refractivity contribution in [2.75, 3.05) is 31.4 Å². The van der Waals surface area contributed by atoms with Gasteiger partial charge in [-0.3, -0.25) is 12.8 Å². The van der Waals surface area contributed by atoms with Gasteiger partial charge in [0.25, 0.3) is 0 Å². The van der Waals surface area contributed by atoms with Crippen molar-refractivity contribution in [2.45, 2.75) is 23.1 Å². The Morgan fingerprint density at radius 1 is 1.24 bits per heavy atom. The molecule has 0 aromatic heterocycles. The summed E-state index contributed by atoms with van der Waals surface area (Å²) in [4.78, 5) is 2.10. The van der Waals surface area contributed by atoms with Crippen molar-refractivity contribution in [1.82, 2.24) is 0 Å². The molecule has 0 amide bonds. The molecular formula is C13H20BrI4O4VW2-2. The minimum atomic E-state index is -0.278. The minimum Gasteiger partial charge on any atom is 0 e. The number of ether oxygens (including phenoxy) is 3. The van der Waals surface area contributed by atoms with Gasteiger partial charge in [-0.15, -0.1) is 0 Å². The Morgan fingerprint density at radius 3 is 2.28 bits per heavy atom. The van der Waals surface area contributed by atoms with E-state index in [0.29, 0.717) is 11.4 Å². The second kappa shape index (κ2) is 23.6. The number of hydrogen-bond acceptors (Lipinski definition) is 4. The number of aliphatic hydroxyl groups is 1. The van der Waals surface area contributed by atoms with Crippen molar-refractivity contribution in [3.8, 4) is 0 Å². The van der Waals surface area contributed by atoms with Crippen LogP contribution in [0.3, 0.4) is 0 Å². The molecule has 2 fully saturated rings. The summed E-state index contributed by atoms with van der Waals surface area (Å²) < 4.78 is 15.8. The van der Waals surface area contributed by atoms with Gasteiger partial charge < -0.3 is 19.3 Å². The smallest absolute Gasteiger partial charge is 0 e. The van der Waals surface area contributed by atoms with Gasteiger partial charge in [0.2, 0.25) is 0 Å². The van der Waals surface area contributed by atoms with Crippen molar-refractivity contribution in [1.29, 1.82) is 0 Å². The molecule has 0 saturated carbocycles. The largest absolute Gasteiger partial charge is 0 e. The maximum Gasteiger partial charge on any atom is 0 e. The van der Waals surface area contributed by atoms with E-state index in [1.165, 1.54) is 0 Å². The van der Waals surface area contributed by atoms with Crippen LogP contribution in [-0.2, 0) is 61.3 Å². The van der Waals surface area contributed by atoms with Crippen molar-refractivity contribution >= 4 is 98.5 Å². The number of hydrogen-bond donors (Lipinski definition) is 1. The molecule has 3 heterocycles. The third-order valence-electron chi connectivity index (χ3n) is 2.79. The third-order valence-corrected chi connectivity index (χ3v) is 3.58. The van der Waals surface area contributed by atoms with Gasteiger partial charge in [0, 0.05) is 42.1 Å². The van der Waals surface area contributed by atoms with Crippen molar-refractivity contribution in [2.24, 2.45) is 0 Å². The Balaban J connectivity index is -0.000000282. The zero-order chi connectivity index (χ0) is 17.7. The van der Waals surface area contributed by atoms with Gasteiger partial charge in [-0.1, -0.05) is 63.9 Å². The summed E-state index contributed by atoms with van der Waals surface area (Å²) in [5, 5.41) is 8.36. The summed E-state index contributed by atoms with van der Waals surface area (Å²) in [7, 11) is 0. The summed E-state index contributed by atoms with van der Waals surface area (Å²) in [6, 6.07) is 0. The number of alkyl halides is 2. The van der Waals surface area contributed by atoms with Crippen LogP contribution in [0.15, 0.2) is 12.2 Å². The first-order valence-electron chi connectivity index (χ1n) is 6.63. The van der Waals surface area contributed by atoms with E-state index in [1.807, 2.05) is 17.1 Å². The van der Waals surface area contributed by atoms with E-state index in [-0.39, 0.29) is 72.0 Å². The van der Waals surface area contributed by atoms with Crippen LogP contribution in [-0.4, -0.2) is 59.6 Å². The van der Waals surface area contributed by atoms with Gasteiger partial charge in [0.15, 0.2) is 0 Å². The van der Waals surface area contributed by atoms with Crippen LogP contribution in [0.4, 0.5) is 0 Å². The number of fused-ring (bicyclic) bond motifs is 1. The van der Waals surface area contributed by atoms with Gasteiger partial charge in [0.1, 0.15) is 0 Å². The Labute approximate surface area is 239 Å². The third kappa shape index (κ3) is 18.2. The molecule has 0 spiro atoms. The molecule has 3 aliphatic rings. The molecule has 0 unspecified atom stereocenters. The zero-order valence-electron chi connectivity index (χ0n) is 13.3. The van der Waals surface area contributed by atoms with Crippen molar-refractivity contribution in [3.05, 3.63) is 25.0 Å². The summed E-state index contributed by atoms with van der Waals surface area (Å²) in [6.45, 7) is 2.30. The van der Waals surface area contributed by atoms with Gasteiger partial charge >= 0.3 is 64.9 Å². The topological polar surface area (TPSA) is 47.9 Å². The van der Waals surface area contributed by atoms with E-state index in [2.05, 4.69) is 105 Å². The van der Waals surface area contributed by atoms with Crippen LogP contribution in [0.1, 0.15) is 0 Å². The van der Waals surface area contributed by atoms with E-state index >= 15 is 0 Å². The van der Waals surface area contributed by atoms with Crippen LogP contribution in [0.5, 0.6) is 0 Å². The predicted octanol–water partition coefficient (Wildman–Crippen LogP) is 4.59. The zero-order valence-corrected chi connectivity index (χ0v) is 30.8. The molecule has 0 aliphatic carbocycles. The first-order valence-corrected chi connectivity index (χ1v) is 23.2. The SMILES string of the molecule is Br[C@H]1CO[C@@H]2[CH-]CO[C@H]12.CI.OC[CH-][C@@H]1C=CCO1.[I][V]([I])[I].[W].[W]. The van der Waals surface area contributed by atoms with Crippen LogP contribution in [0, 0.1) is 12.8 Å². The van der Waals surface area contributed by atoms with Crippen LogP contribution in [0.2, 0.25) is 0 Å². The average molecular weight is 1250 g/mol. The molecular weight excluding hydrogens is 1230 g/mol. The Kier molecular flexibility index (Phi) is 32.6. The number of halogens is 5. The average Bonchev–Trinajstić information content (AvgIpc) is 3.23. The van der Waals surface area contributed by atoms with E-state index in [4.69, 9.17) is 19.3 Å². The molecule has 12 heteroatoms. The van der Waals surface area contributed by atoms with Crippen LogP contribution >= 0.6 is 98.5 Å². The Bertz CT molecular complexity index is 323. The molecule has 3 rings (SSSR count). The molecule has 0 aromatic carbocycles. The number of aliphatic hydroxyl groups excluding tert-OH is 1. The molecule has 0 radical (unpaired) electrons. The van der Waals surface area contributed by atoms with Crippen LogP contribution in [0.25, 0.3) is 0 Å². The Morgan fingerprint density at radius 2 is 1.84 bits per heavy atom. The molecule has 0 aromatic rings. The minimum absolute atomic E-state index is 0. The summed E-state index contributed by atoms with van der Waals surface area (Å²) in [5.74, 6) is 0. The van der Waals surface area contributed by atoms with E-state index in [1.54, 1.807) is 6.42 Å². The number of rotatable bonds is 2. The summed E-state index contributed by atoms with van der Waals surface area (Å²) >= 11 is 13.0. The summed E-state index contributed by atoms with van der Waals surface area (Å²) in [6.07, 6.45) is 8.25. The molecule has 3 aliphatic heterocycles. The summed E-state index contributed by atoms with van der Waals surface area (Å²) in [5.41, 5.74) is 0. The van der Waals surface area contributed by atoms with Gasteiger partial charge in [0.05, 0.1) is 24.1 Å². The fraction of sp³-hybridized carbons (Fsp3) is 0.692. The first kappa shape index (κ1) is 34.6. The fourth-order valence-corrected chi connectivity index (χ4v) is 2.53. The maximum atomic E-state index is 8.36. The maximum absolute atomic E-state index is 8.36. The molecule has 1 N–H and O–H groups in total. The molecule has 0 bridgehead atoms. The van der Waals surface area contributed by atoms with E-state index in [9.17, 15) is 0 Å². The standard InChI is InChI=1S/C6H8BrO2.C6H9O2.CH3I.3HI.V.2W/c7-4-3-9-5-1-2-8-6(4)5;7-4-3-6-2-1-5-8-6;1-2;;;;;;/h1,4-6H,2-3H2;1-3,6-7H,4-5H2;1H3;3*1H;;;/q2*-1;;;;;+3;;/p-3/t4-,5+,6+;6-;;;;;;;/m00......./s1. The second-order valence-corrected chi connectivity index (χ2v) is 40.7. The first-order chi connectivity index (χ1) is 11.0. The van der Waals surface area contributed by atoms with Gasteiger partial charge in [-0.25, -0.2) is 0 Å². The van der Waals surface area contributed by atoms with Gasteiger partial charge in [-0.2, -0.15) is 0 Å². The molecule has 2 saturated heterocycles.